The van der Waals surface area contributed by atoms with E-state index < -0.39 is 0 Å². The summed E-state index contributed by atoms with van der Waals surface area (Å²) in [6.07, 6.45) is 30.1. The largest absolute Gasteiger partial charge is 0.508 e. The van der Waals surface area contributed by atoms with E-state index in [1.807, 2.05) is 12.2 Å². The summed E-state index contributed by atoms with van der Waals surface area (Å²) in [6, 6.07) is 0. The van der Waals surface area contributed by atoms with Crippen molar-refractivity contribution in [2.75, 3.05) is 0 Å². The Hall–Kier alpha value is -1.25. The number of nitrogens with one attached hydrogen (secondary N) is 1. The molecule has 1 unspecified atom stereocenters. The van der Waals surface area contributed by atoms with Gasteiger partial charge in [0.1, 0.15) is 5.76 Å². The van der Waals surface area contributed by atoms with Gasteiger partial charge >= 0.3 is 0 Å². The van der Waals surface area contributed by atoms with Crippen LogP contribution in [0.5, 0.6) is 0 Å². The molecule has 1 rings (SSSR count). The molecule has 0 aromatic rings. The van der Waals surface area contributed by atoms with Crippen LogP contribution in [0, 0.1) is 0 Å². The molecule has 0 aromatic heterocycles. The molecule has 0 fully saturated rings. The first-order chi connectivity index (χ1) is 15.1. The molecule has 31 heavy (non-hydrogen) atoms. The van der Waals surface area contributed by atoms with Crippen LogP contribution in [0.2, 0.25) is 0 Å². The molecule has 2 N–H and O–H groups in total. The van der Waals surface area contributed by atoms with Gasteiger partial charge in [-0.2, -0.15) is 0 Å². The van der Waals surface area contributed by atoms with E-state index in [9.17, 15) is 9.90 Å². The number of amides is 1. The number of allylic oxidation sites excluding steroid dienone is 1. The molecule has 0 bridgehead atoms. The summed E-state index contributed by atoms with van der Waals surface area (Å²) in [5.41, 5.74) is -0.297. The standard InChI is InChI=1S/C28H51NO2/c1-3-5-7-8-9-10-11-12-13-14-15-16-17-18-19-20-27(31)29-28(23-6-4-2)24-21-26(30)22-25-28/h21-22,24,30H,3-20,23,25H2,1-2H3,(H,29,31). The zero-order valence-electron chi connectivity index (χ0n) is 20.7. The molecular weight excluding hydrogens is 382 g/mol. The molecule has 0 radical (unpaired) electrons. The van der Waals surface area contributed by atoms with Crippen LogP contribution in [0.1, 0.15) is 142 Å². The highest BCUT2D eigenvalue weighted by Crippen LogP contribution is 2.26. The van der Waals surface area contributed by atoms with Gasteiger partial charge in [0.25, 0.3) is 0 Å². The summed E-state index contributed by atoms with van der Waals surface area (Å²) in [6.45, 7) is 4.45. The Morgan fingerprint density at radius 3 is 1.74 bits per heavy atom. The molecule has 1 amide bonds. The molecule has 0 saturated carbocycles. The predicted octanol–water partition coefficient (Wildman–Crippen LogP) is 8.69. The van der Waals surface area contributed by atoms with E-state index in [4.69, 9.17) is 0 Å². The highest BCUT2D eigenvalue weighted by atomic mass is 16.3. The molecule has 1 aliphatic carbocycles. The summed E-state index contributed by atoms with van der Waals surface area (Å²) in [5.74, 6) is 0.467. The second-order valence-corrected chi connectivity index (χ2v) is 9.67. The minimum atomic E-state index is -0.297. The molecule has 0 aromatic carbocycles. The van der Waals surface area contributed by atoms with Crippen molar-refractivity contribution in [1.29, 1.82) is 0 Å². The van der Waals surface area contributed by atoms with Crippen molar-refractivity contribution in [2.45, 2.75) is 148 Å². The van der Waals surface area contributed by atoms with Gasteiger partial charge in [0.05, 0.1) is 5.54 Å². The SMILES string of the molecule is CCCCCCCCCCCCCCCCCC(=O)NC1(CCCC)C=CC(O)=CC1. The first-order valence-electron chi connectivity index (χ1n) is 13.5. The summed E-state index contributed by atoms with van der Waals surface area (Å²) >= 11 is 0. The topological polar surface area (TPSA) is 49.3 Å². The van der Waals surface area contributed by atoms with Crippen LogP contribution in [-0.2, 0) is 4.79 Å². The second-order valence-electron chi connectivity index (χ2n) is 9.67. The van der Waals surface area contributed by atoms with E-state index in [1.54, 1.807) is 6.08 Å². The van der Waals surface area contributed by atoms with E-state index in [0.717, 1.165) is 32.1 Å². The Balaban J connectivity index is 1.98. The minimum Gasteiger partial charge on any atom is -0.508 e. The Bertz CT molecular complexity index is 511. The Morgan fingerprint density at radius 2 is 1.29 bits per heavy atom. The maximum absolute atomic E-state index is 12.5. The van der Waals surface area contributed by atoms with Crippen molar-refractivity contribution in [3.05, 3.63) is 24.0 Å². The van der Waals surface area contributed by atoms with Crippen molar-refractivity contribution in [2.24, 2.45) is 0 Å². The number of hydrogen-bond donors (Lipinski definition) is 2. The summed E-state index contributed by atoms with van der Waals surface area (Å²) < 4.78 is 0. The number of unbranched alkanes of at least 4 members (excludes halogenated alkanes) is 15. The van der Waals surface area contributed by atoms with Crippen LogP contribution in [0.15, 0.2) is 24.0 Å². The van der Waals surface area contributed by atoms with Gasteiger partial charge in [0, 0.05) is 6.42 Å². The maximum atomic E-state index is 12.5. The first kappa shape index (κ1) is 27.8. The van der Waals surface area contributed by atoms with Crippen LogP contribution < -0.4 is 5.32 Å². The molecule has 180 valence electrons. The van der Waals surface area contributed by atoms with Gasteiger partial charge in [0.2, 0.25) is 5.91 Å². The lowest BCUT2D eigenvalue weighted by Crippen LogP contribution is -2.47. The Kier molecular flexibility index (Phi) is 16.4. The minimum absolute atomic E-state index is 0.158. The fraction of sp³-hybridized carbons (Fsp3) is 0.821. The molecule has 0 heterocycles. The highest BCUT2D eigenvalue weighted by Gasteiger charge is 2.29. The van der Waals surface area contributed by atoms with Crippen LogP contribution in [0.4, 0.5) is 0 Å². The van der Waals surface area contributed by atoms with E-state index in [0.29, 0.717) is 18.6 Å². The number of hydrogen-bond acceptors (Lipinski definition) is 2. The van der Waals surface area contributed by atoms with Crippen molar-refractivity contribution >= 4 is 5.91 Å². The van der Waals surface area contributed by atoms with Gasteiger partial charge in [-0.15, -0.1) is 0 Å². The quantitative estimate of drug-likeness (QED) is 0.189. The lowest BCUT2D eigenvalue weighted by Gasteiger charge is -2.33. The van der Waals surface area contributed by atoms with E-state index in [1.165, 1.54) is 83.5 Å². The third-order valence-electron chi connectivity index (χ3n) is 6.62. The van der Waals surface area contributed by atoms with Gasteiger partial charge in [0.15, 0.2) is 0 Å². The highest BCUT2D eigenvalue weighted by molar-refractivity contribution is 5.77. The summed E-state index contributed by atoms with van der Waals surface area (Å²) in [4.78, 5) is 12.5. The fourth-order valence-electron chi connectivity index (χ4n) is 4.50. The van der Waals surface area contributed by atoms with E-state index in [2.05, 4.69) is 19.2 Å². The normalized spacial score (nSPS) is 18.2. The number of aliphatic hydroxyl groups is 1. The molecular formula is C28H51NO2. The number of carbonyl (C=O) groups excluding carboxylic acids is 1. The van der Waals surface area contributed by atoms with Crippen molar-refractivity contribution < 1.29 is 9.90 Å². The van der Waals surface area contributed by atoms with Crippen LogP contribution in [-0.4, -0.2) is 16.6 Å². The molecule has 0 spiro atoms. The average molecular weight is 434 g/mol. The fourth-order valence-corrected chi connectivity index (χ4v) is 4.50. The van der Waals surface area contributed by atoms with Crippen molar-refractivity contribution in [1.82, 2.24) is 5.32 Å². The molecule has 3 nitrogen and oxygen atoms in total. The average Bonchev–Trinajstić information content (AvgIpc) is 2.77. The van der Waals surface area contributed by atoms with Crippen molar-refractivity contribution in [3.8, 4) is 0 Å². The third-order valence-corrected chi connectivity index (χ3v) is 6.62. The summed E-state index contributed by atoms with van der Waals surface area (Å²) in [7, 11) is 0. The number of rotatable bonds is 20. The van der Waals surface area contributed by atoms with Crippen LogP contribution in [0.25, 0.3) is 0 Å². The maximum Gasteiger partial charge on any atom is 0.220 e. The Morgan fingerprint density at radius 1 is 0.806 bits per heavy atom. The molecule has 3 heteroatoms. The second kappa shape index (κ2) is 18.3. The molecule has 0 aliphatic heterocycles. The lowest BCUT2D eigenvalue weighted by atomic mass is 9.85. The molecule has 1 aliphatic rings. The first-order valence-corrected chi connectivity index (χ1v) is 13.5. The van der Waals surface area contributed by atoms with E-state index in [-0.39, 0.29) is 11.4 Å². The number of aliphatic hydroxyl groups excluding tert-OH is 1. The monoisotopic (exact) mass is 433 g/mol. The number of carbonyl (C=O) groups is 1. The van der Waals surface area contributed by atoms with Crippen LogP contribution >= 0.6 is 0 Å². The van der Waals surface area contributed by atoms with Gasteiger partial charge in [-0.1, -0.05) is 123 Å². The Labute approximate surface area is 193 Å². The van der Waals surface area contributed by atoms with Gasteiger partial charge in [-0.3, -0.25) is 4.79 Å². The molecule has 0 saturated heterocycles. The zero-order chi connectivity index (χ0) is 22.6. The third kappa shape index (κ3) is 14.4. The van der Waals surface area contributed by atoms with Gasteiger partial charge in [-0.05, 0) is 31.4 Å². The smallest absolute Gasteiger partial charge is 0.220 e. The van der Waals surface area contributed by atoms with Crippen molar-refractivity contribution in [3.63, 3.8) is 0 Å². The van der Waals surface area contributed by atoms with Crippen LogP contribution in [0.3, 0.4) is 0 Å². The zero-order valence-corrected chi connectivity index (χ0v) is 20.7. The van der Waals surface area contributed by atoms with E-state index >= 15 is 0 Å². The van der Waals surface area contributed by atoms with Gasteiger partial charge < -0.3 is 10.4 Å². The lowest BCUT2D eigenvalue weighted by molar-refractivity contribution is -0.122. The molecule has 1 atom stereocenters. The summed E-state index contributed by atoms with van der Waals surface area (Å²) in [5, 5.41) is 12.9. The van der Waals surface area contributed by atoms with Gasteiger partial charge in [-0.25, -0.2) is 0 Å². The predicted molar refractivity (Wildman–Crippen MR) is 134 cm³/mol.